The van der Waals surface area contributed by atoms with E-state index in [1.165, 1.54) is 5.56 Å². The summed E-state index contributed by atoms with van der Waals surface area (Å²) in [6, 6.07) is 17.1. The van der Waals surface area contributed by atoms with Gasteiger partial charge < -0.3 is 15.5 Å². The van der Waals surface area contributed by atoms with Gasteiger partial charge in [0.15, 0.2) is 0 Å². The zero-order valence-electron chi connectivity index (χ0n) is 19.7. The first-order valence-electron chi connectivity index (χ1n) is 11.9. The van der Waals surface area contributed by atoms with Gasteiger partial charge in [-0.3, -0.25) is 24.2 Å². The van der Waals surface area contributed by atoms with Gasteiger partial charge in [-0.1, -0.05) is 48.5 Å². The molecule has 2 saturated heterocycles. The summed E-state index contributed by atoms with van der Waals surface area (Å²) >= 11 is 0. The maximum absolute atomic E-state index is 13.1. The molecular formula is C26H33N5O3. The van der Waals surface area contributed by atoms with Crippen LogP contribution >= 0.6 is 0 Å². The third kappa shape index (κ3) is 6.21. The minimum absolute atomic E-state index is 0.0588. The van der Waals surface area contributed by atoms with Crippen molar-refractivity contribution in [3.05, 3.63) is 65.7 Å². The highest BCUT2D eigenvalue weighted by molar-refractivity contribution is 5.98. The number of nitrogens with one attached hydrogen (secondary N) is 2. The summed E-state index contributed by atoms with van der Waals surface area (Å²) in [5, 5.41) is 5.67. The zero-order valence-corrected chi connectivity index (χ0v) is 19.7. The molecule has 0 bridgehead atoms. The molecule has 2 heterocycles. The summed E-state index contributed by atoms with van der Waals surface area (Å²) in [7, 11) is 0. The molecule has 8 heteroatoms. The molecule has 2 aromatic carbocycles. The van der Waals surface area contributed by atoms with Gasteiger partial charge in [-0.05, 0) is 24.1 Å². The Bertz CT molecular complexity index is 1000. The monoisotopic (exact) mass is 463 g/mol. The van der Waals surface area contributed by atoms with Crippen molar-refractivity contribution < 1.29 is 14.4 Å². The highest BCUT2D eigenvalue weighted by atomic mass is 16.2. The summed E-state index contributed by atoms with van der Waals surface area (Å²) in [5.74, 6) is -0.643. The van der Waals surface area contributed by atoms with E-state index in [0.717, 1.165) is 44.0 Å². The fourth-order valence-electron chi connectivity index (χ4n) is 4.54. The Morgan fingerprint density at radius 1 is 0.941 bits per heavy atom. The van der Waals surface area contributed by atoms with E-state index < -0.39 is 6.04 Å². The smallest absolute Gasteiger partial charge is 0.243 e. The lowest BCUT2D eigenvalue weighted by molar-refractivity contribution is -0.145. The molecule has 2 aliphatic rings. The minimum Gasteiger partial charge on any atom is -0.353 e. The van der Waals surface area contributed by atoms with Crippen molar-refractivity contribution in [2.24, 2.45) is 0 Å². The molecular weight excluding hydrogens is 430 g/mol. The van der Waals surface area contributed by atoms with Gasteiger partial charge in [-0.2, -0.15) is 0 Å². The lowest BCUT2D eigenvalue weighted by Crippen LogP contribution is -2.60. The number of hydrogen-bond donors (Lipinski definition) is 2. The number of anilines is 1. The van der Waals surface area contributed by atoms with Crippen molar-refractivity contribution in [2.45, 2.75) is 25.9 Å². The summed E-state index contributed by atoms with van der Waals surface area (Å²) in [6.45, 7) is 7.31. The van der Waals surface area contributed by atoms with Crippen LogP contribution in [-0.2, 0) is 20.9 Å². The van der Waals surface area contributed by atoms with Gasteiger partial charge in [0.1, 0.15) is 6.04 Å². The van der Waals surface area contributed by atoms with E-state index in [4.69, 9.17) is 0 Å². The Morgan fingerprint density at radius 3 is 2.35 bits per heavy atom. The molecule has 0 saturated carbocycles. The van der Waals surface area contributed by atoms with Crippen molar-refractivity contribution in [3.63, 3.8) is 0 Å². The number of para-hydroxylation sites is 1. The Kier molecular flexibility index (Phi) is 7.92. The predicted octanol–water partition coefficient (Wildman–Crippen LogP) is 1.47. The summed E-state index contributed by atoms with van der Waals surface area (Å²) in [5.41, 5.74) is 2.96. The fourth-order valence-corrected chi connectivity index (χ4v) is 4.54. The second-order valence-corrected chi connectivity index (χ2v) is 9.00. The first kappa shape index (κ1) is 23.9. The van der Waals surface area contributed by atoms with Gasteiger partial charge in [-0.15, -0.1) is 0 Å². The Hall–Kier alpha value is -3.23. The van der Waals surface area contributed by atoms with E-state index in [1.807, 2.05) is 37.3 Å². The number of benzene rings is 2. The summed E-state index contributed by atoms with van der Waals surface area (Å²) < 4.78 is 0. The number of rotatable bonds is 7. The minimum atomic E-state index is -0.787. The van der Waals surface area contributed by atoms with Gasteiger partial charge >= 0.3 is 0 Å². The van der Waals surface area contributed by atoms with Gasteiger partial charge in [0.05, 0.1) is 13.0 Å². The van der Waals surface area contributed by atoms with E-state index in [1.54, 1.807) is 4.90 Å². The van der Waals surface area contributed by atoms with E-state index >= 15 is 0 Å². The van der Waals surface area contributed by atoms with Crippen molar-refractivity contribution in [2.75, 3.05) is 51.1 Å². The number of amides is 3. The molecule has 2 N–H and O–H groups in total. The number of nitrogens with zero attached hydrogens (tertiary/aromatic N) is 3. The number of carbonyl (C=O) groups excluding carboxylic acids is 3. The highest BCUT2D eigenvalue weighted by Gasteiger charge is 2.35. The normalized spacial score (nSPS) is 19.5. The van der Waals surface area contributed by atoms with Gasteiger partial charge in [-0.25, -0.2) is 0 Å². The van der Waals surface area contributed by atoms with Crippen LogP contribution in [0.15, 0.2) is 54.6 Å². The SMILES string of the molecule is Cc1ccccc1NC(=O)C[C@H]1C(=O)NCCN1C(=O)CN1CCN(Cc2ccccc2)CC1. The van der Waals surface area contributed by atoms with Gasteiger partial charge in [0, 0.05) is 51.5 Å². The third-order valence-electron chi connectivity index (χ3n) is 6.52. The van der Waals surface area contributed by atoms with Crippen LogP contribution < -0.4 is 10.6 Å². The second-order valence-electron chi connectivity index (χ2n) is 9.00. The third-order valence-corrected chi connectivity index (χ3v) is 6.52. The lowest BCUT2D eigenvalue weighted by atomic mass is 10.1. The molecule has 0 spiro atoms. The number of carbonyl (C=O) groups is 3. The maximum Gasteiger partial charge on any atom is 0.243 e. The van der Waals surface area contributed by atoms with Crippen molar-refractivity contribution in [1.29, 1.82) is 0 Å². The quantitative estimate of drug-likeness (QED) is 0.650. The molecule has 0 aliphatic carbocycles. The molecule has 180 valence electrons. The topological polar surface area (TPSA) is 85.0 Å². The lowest BCUT2D eigenvalue weighted by Gasteiger charge is -2.38. The van der Waals surface area contributed by atoms with Crippen molar-refractivity contribution in [3.8, 4) is 0 Å². The number of hydrogen-bond acceptors (Lipinski definition) is 5. The average molecular weight is 464 g/mol. The molecule has 2 fully saturated rings. The first-order valence-corrected chi connectivity index (χ1v) is 11.9. The van der Waals surface area contributed by atoms with Gasteiger partial charge in [0.2, 0.25) is 17.7 Å². The summed E-state index contributed by atoms with van der Waals surface area (Å²) in [4.78, 5) is 44.5. The highest BCUT2D eigenvalue weighted by Crippen LogP contribution is 2.16. The maximum atomic E-state index is 13.1. The van der Waals surface area contributed by atoms with Crippen LogP contribution in [0, 0.1) is 6.92 Å². The molecule has 1 atom stereocenters. The zero-order chi connectivity index (χ0) is 23.9. The molecule has 0 unspecified atom stereocenters. The van der Waals surface area contributed by atoms with Crippen LogP contribution in [0.25, 0.3) is 0 Å². The predicted molar refractivity (Wildman–Crippen MR) is 131 cm³/mol. The van der Waals surface area contributed by atoms with Crippen LogP contribution in [0.3, 0.4) is 0 Å². The average Bonchev–Trinajstić information content (AvgIpc) is 2.84. The van der Waals surface area contributed by atoms with E-state index in [0.29, 0.717) is 13.1 Å². The molecule has 4 rings (SSSR count). The van der Waals surface area contributed by atoms with E-state index in [2.05, 4.69) is 44.7 Å². The Labute approximate surface area is 200 Å². The summed E-state index contributed by atoms with van der Waals surface area (Å²) in [6.07, 6.45) is -0.0588. The molecule has 8 nitrogen and oxygen atoms in total. The van der Waals surface area contributed by atoms with Gasteiger partial charge in [0.25, 0.3) is 0 Å². The Morgan fingerprint density at radius 2 is 1.62 bits per heavy atom. The van der Waals surface area contributed by atoms with Crippen LogP contribution in [-0.4, -0.2) is 84.3 Å². The van der Waals surface area contributed by atoms with E-state index in [-0.39, 0.29) is 30.7 Å². The Balaban J connectivity index is 1.30. The molecule has 0 radical (unpaired) electrons. The second kappa shape index (κ2) is 11.3. The first-order chi connectivity index (χ1) is 16.5. The van der Waals surface area contributed by atoms with E-state index in [9.17, 15) is 14.4 Å². The number of piperazine rings is 2. The standard InChI is InChI=1S/C26H33N5O3/c1-20-7-5-6-10-22(20)28-24(32)17-23-26(34)27-11-12-31(23)25(33)19-30-15-13-29(14-16-30)18-21-8-3-2-4-9-21/h2-10,23H,11-19H2,1H3,(H,27,34)(H,28,32)/t23-/m0/s1. The van der Waals surface area contributed by atoms with Crippen LogP contribution in [0.2, 0.25) is 0 Å². The largest absolute Gasteiger partial charge is 0.353 e. The molecule has 3 amide bonds. The molecule has 34 heavy (non-hydrogen) atoms. The fraction of sp³-hybridized carbons (Fsp3) is 0.423. The molecule has 0 aromatic heterocycles. The molecule has 2 aliphatic heterocycles. The van der Waals surface area contributed by atoms with Crippen molar-refractivity contribution >= 4 is 23.4 Å². The van der Waals surface area contributed by atoms with Crippen molar-refractivity contribution in [1.82, 2.24) is 20.0 Å². The number of aryl methyl sites for hydroxylation is 1. The van der Waals surface area contributed by atoms with Crippen LogP contribution in [0.1, 0.15) is 17.5 Å². The van der Waals surface area contributed by atoms with Crippen LogP contribution in [0.5, 0.6) is 0 Å². The molecule has 2 aromatic rings. The van der Waals surface area contributed by atoms with Crippen LogP contribution in [0.4, 0.5) is 5.69 Å².